The number of rotatable bonds is 4. The monoisotopic (exact) mass is 296 g/mol. The SMILES string of the molecule is CCC1(CC)NC(=O)C(C)(C)N(CC2CCCCO2)C1=O. The molecule has 0 aliphatic carbocycles. The molecule has 0 aromatic rings. The molecule has 1 atom stereocenters. The van der Waals surface area contributed by atoms with Crippen LogP contribution in [0.3, 0.4) is 0 Å². The lowest BCUT2D eigenvalue weighted by Gasteiger charge is -2.50. The Hall–Kier alpha value is -1.10. The fourth-order valence-corrected chi connectivity index (χ4v) is 3.25. The summed E-state index contributed by atoms with van der Waals surface area (Å²) in [5.74, 6) is -0.0344. The van der Waals surface area contributed by atoms with Crippen molar-refractivity contribution in [1.29, 1.82) is 0 Å². The van der Waals surface area contributed by atoms with Crippen LogP contribution >= 0.6 is 0 Å². The van der Waals surface area contributed by atoms with Gasteiger partial charge >= 0.3 is 0 Å². The standard InChI is InChI=1S/C16H28N2O3/c1-5-16(6-2)14(20)18(15(3,4)13(19)17-16)11-12-9-7-8-10-21-12/h12H,5-11H2,1-4H3,(H,17,19). The number of amides is 2. The van der Waals surface area contributed by atoms with E-state index in [0.717, 1.165) is 25.9 Å². The summed E-state index contributed by atoms with van der Waals surface area (Å²) in [6.07, 6.45) is 4.47. The molecule has 120 valence electrons. The Labute approximate surface area is 127 Å². The lowest BCUT2D eigenvalue weighted by Crippen LogP contribution is -2.74. The first-order valence-corrected chi connectivity index (χ1v) is 8.13. The molecule has 2 saturated heterocycles. The Morgan fingerprint density at radius 1 is 1.24 bits per heavy atom. The van der Waals surface area contributed by atoms with Gasteiger partial charge in [-0.1, -0.05) is 13.8 Å². The van der Waals surface area contributed by atoms with Gasteiger partial charge in [0.15, 0.2) is 0 Å². The van der Waals surface area contributed by atoms with Crippen molar-refractivity contribution in [3.8, 4) is 0 Å². The van der Waals surface area contributed by atoms with E-state index in [1.807, 2.05) is 27.7 Å². The zero-order chi connectivity index (χ0) is 15.7. The minimum atomic E-state index is -0.814. The molecule has 1 unspecified atom stereocenters. The van der Waals surface area contributed by atoms with Gasteiger partial charge in [-0.25, -0.2) is 0 Å². The van der Waals surface area contributed by atoms with Gasteiger partial charge in [0.05, 0.1) is 6.10 Å². The highest BCUT2D eigenvalue weighted by Gasteiger charge is 2.53. The third-order valence-electron chi connectivity index (χ3n) is 5.11. The average Bonchev–Trinajstić information content (AvgIpc) is 2.49. The van der Waals surface area contributed by atoms with E-state index < -0.39 is 11.1 Å². The molecule has 2 heterocycles. The second-order valence-electron chi connectivity index (χ2n) is 6.71. The van der Waals surface area contributed by atoms with Gasteiger partial charge in [0, 0.05) is 13.2 Å². The van der Waals surface area contributed by atoms with Gasteiger partial charge in [0.25, 0.3) is 0 Å². The minimum absolute atomic E-state index is 0.0336. The van der Waals surface area contributed by atoms with E-state index in [9.17, 15) is 9.59 Å². The van der Waals surface area contributed by atoms with Gasteiger partial charge < -0.3 is 15.0 Å². The van der Waals surface area contributed by atoms with Crippen LogP contribution in [0.25, 0.3) is 0 Å². The highest BCUT2D eigenvalue weighted by Crippen LogP contribution is 2.31. The predicted molar refractivity (Wildman–Crippen MR) is 80.8 cm³/mol. The van der Waals surface area contributed by atoms with Crippen molar-refractivity contribution >= 4 is 11.8 Å². The van der Waals surface area contributed by atoms with E-state index in [1.165, 1.54) is 0 Å². The highest BCUT2D eigenvalue weighted by atomic mass is 16.5. The fraction of sp³-hybridized carbons (Fsp3) is 0.875. The molecular weight excluding hydrogens is 268 g/mol. The lowest BCUT2D eigenvalue weighted by molar-refractivity contribution is -0.164. The first-order chi connectivity index (χ1) is 9.87. The molecule has 2 aliphatic heterocycles. The summed E-state index contributed by atoms with van der Waals surface area (Å²) in [6, 6.07) is 0. The molecule has 2 rings (SSSR count). The third-order valence-corrected chi connectivity index (χ3v) is 5.11. The number of nitrogens with one attached hydrogen (secondary N) is 1. The first-order valence-electron chi connectivity index (χ1n) is 8.13. The van der Waals surface area contributed by atoms with E-state index in [1.54, 1.807) is 4.90 Å². The van der Waals surface area contributed by atoms with E-state index in [4.69, 9.17) is 4.74 Å². The molecule has 2 amide bonds. The van der Waals surface area contributed by atoms with Crippen molar-refractivity contribution in [2.75, 3.05) is 13.2 Å². The topological polar surface area (TPSA) is 58.6 Å². The number of carbonyl (C=O) groups is 2. The van der Waals surface area contributed by atoms with Crippen LogP contribution in [-0.2, 0) is 14.3 Å². The quantitative estimate of drug-likeness (QED) is 0.861. The normalized spacial score (nSPS) is 28.4. The molecule has 21 heavy (non-hydrogen) atoms. The fourth-order valence-electron chi connectivity index (χ4n) is 3.25. The summed E-state index contributed by atoms with van der Waals surface area (Å²) in [7, 11) is 0. The van der Waals surface area contributed by atoms with Crippen molar-refractivity contribution < 1.29 is 14.3 Å². The average molecular weight is 296 g/mol. The van der Waals surface area contributed by atoms with Crippen molar-refractivity contribution in [1.82, 2.24) is 10.2 Å². The Morgan fingerprint density at radius 3 is 2.43 bits per heavy atom. The second kappa shape index (κ2) is 5.95. The molecule has 1 N–H and O–H groups in total. The molecule has 5 heteroatoms. The van der Waals surface area contributed by atoms with Crippen molar-refractivity contribution in [3.63, 3.8) is 0 Å². The number of ether oxygens (including phenoxy) is 1. The van der Waals surface area contributed by atoms with E-state index >= 15 is 0 Å². The zero-order valence-corrected chi connectivity index (χ0v) is 13.7. The highest BCUT2D eigenvalue weighted by molar-refractivity contribution is 6.01. The number of nitrogens with zero attached hydrogens (tertiary/aromatic N) is 1. The zero-order valence-electron chi connectivity index (χ0n) is 13.7. The maximum Gasteiger partial charge on any atom is 0.249 e. The van der Waals surface area contributed by atoms with Crippen LogP contribution in [0.4, 0.5) is 0 Å². The van der Waals surface area contributed by atoms with Crippen LogP contribution in [0.15, 0.2) is 0 Å². The third kappa shape index (κ3) is 2.80. The van der Waals surface area contributed by atoms with Gasteiger partial charge in [-0.15, -0.1) is 0 Å². The Morgan fingerprint density at radius 2 is 1.90 bits per heavy atom. The summed E-state index contributed by atoms with van der Waals surface area (Å²) < 4.78 is 5.77. The molecule has 0 bridgehead atoms. The maximum absolute atomic E-state index is 13.0. The molecular formula is C16H28N2O3. The van der Waals surface area contributed by atoms with Gasteiger partial charge in [-0.2, -0.15) is 0 Å². The second-order valence-corrected chi connectivity index (χ2v) is 6.71. The largest absolute Gasteiger partial charge is 0.376 e. The molecule has 2 aliphatic rings. The first kappa shape index (κ1) is 16.3. The summed E-state index contributed by atoms with van der Waals surface area (Å²) in [5.41, 5.74) is -1.56. The lowest BCUT2D eigenvalue weighted by atomic mass is 9.83. The molecule has 5 nitrogen and oxygen atoms in total. The molecule has 0 aromatic carbocycles. The summed E-state index contributed by atoms with van der Waals surface area (Å²) in [6.45, 7) is 8.81. The molecule has 2 fully saturated rings. The van der Waals surface area contributed by atoms with E-state index in [-0.39, 0.29) is 17.9 Å². The Kier molecular flexibility index (Phi) is 4.61. The van der Waals surface area contributed by atoms with Gasteiger partial charge in [-0.05, 0) is 46.0 Å². The van der Waals surface area contributed by atoms with Crippen LogP contribution in [0.1, 0.15) is 59.8 Å². The molecule has 0 spiro atoms. The molecule has 0 radical (unpaired) electrons. The van der Waals surface area contributed by atoms with Crippen LogP contribution in [-0.4, -0.2) is 47.0 Å². The summed E-state index contributed by atoms with van der Waals surface area (Å²) >= 11 is 0. The van der Waals surface area contributed by atoms with Crippen LogP contribution < -0.4 is 5.32 Å². The smallest absolute Gasteiger partial charge is 0.249 e. The van der Waals surface area contributed by atoms with Gasteiger partial charge in [0.1, 0.15) is 11.1 Å². The summed E-state index contributed by atoms with van der Waals surface area (Å²) in [5, 5.41) is 2.97. The van der Waals surface area contributed by atoms with Crippen LogP contribution in [0.2, 0.25) is 0 Å². The molecule has 0 aromatic heterocycles. The Bertz CT molecular complexity index is 410. The van der Waals surface area contributed by atoms with E-state index in [2.05, 4.69) is 5.32 Å². The predicted octanol–water partition coefficient (Wildman–Crippen LogP) is 1.85. The van der Waals surface area contributed by atoms with Crippen molar-refractivity contribution in [2.24, 2.45) is 0 Å². The van der Waals surface area contributed by atoms with Crippen molar-refractivity contribution in [3.05, 3.63) is 0 Å². The number of hydrogen-bond donors (Lipinski definition) is 1. The van der Waals surface area contributed by atoms with E-state index in [0.29, 0.717) is 19.4 Å². The van der Waals surface area contributed by atoms with Crippen LogP contribution in [0.5, 0.6) is 0 Å². The number of carbonyl (C=O) groups excluding carboxylic acids is 2. The van der Waals surface area contributed by atoms with Crippen LogP contribution in [0, 0.1) is 0 Å². The maximum atomic E-state index is 13.0. The number of piperazine rings is 1. The van der Waals surface area contributed by atoms with Gasteiger partial charge in [0.2, 0.25) is 11.8 Å². The molecule has 0 saturated carbocycles. The van der Waals surface area contributed by atoms with Crippen molar-refractivity contribution in [2.45, 2.75) is 77.0 Å². The number of hydrogen-bond acceptors (Lipinski definition) is 3. The minimum Gasteiger partial charge on any atom is -0.376 e. The van der Waals surface area contributed by atoms with Gasteiger partial charge in [-0.3, -0.25) is 9.59 Å². The summed E-state index contributed by atoms with van der Waals surface area (Å²) in [4.78, 5) is 27.2. The Balaban J connectivity index is 2.24.